The van der Waals surface area contributed by atoms with Crippen LogP contribution in [0.15, 0.2) is 39.4 Å². The fraction of sp³-hybridized carbons (Fsp3) is 0.250. The first-order valence-corrected chi connectivity index (χ1v) is 8.77. The molecule has 2 aromatic carbocycles. The normalized spacial score (nSPS) is 11.3. The molecule has 2 aromatic rings. The summed E-state index contributed by atoms with van der Waals surface area (Å²) >= 11 is 4.54. The molecule has 0 N–H and O–H groups in total. The van der Waals surface area contributed by atoms with Crippen molar-refractivity contribution in [1.82, 2.24) is 0 Å². The van der Waals surface area contributed by atoms with Crippen LogP contribution in [0.2, 0.25) is 0 Å². The molecule has 0 heterocycles. The standard InChI is InChI=1S/C16H15F4N3S2/c1-23(2)10-5-3-9(4-6-10)21-22-15-11(17)13(19)16(25-8-7-24)14(20)12(15)18/h3-6,24H,7-8H2,1-2H3. The number of hydrogen-bond donors (Lipinski definition) is 1. The summed E-state index contributed by atoms with van der Waals surface area (Å²) in [6.45, 7) is 0. The number of thioether (sulfide) groups is 1. The van der Waals surface area contributed by atoms with Crippen LogP contribution in [0.25, 0.3) is 0 Å². The van der Waals surface area contributed by atoms with Crippen LogP contribution >= 0.6 is 24.4 Å². The van der Waals surface area contributed by atoms with Gasteiger partial charge in [0.15, 0.2) is 29.0 Å². The van der Waals surface area contributed by atoms with Gasteiger partial charge in [0.05, 0.1) is 10.6 Å². The van der Waals surface area contributed by atoms with E-state index in [0.717, 1.165) is 5.69 Å². The minimum Gasteiger partial charge on any atom is -0.378 e. The number of nitrogens with zero attached hydrogens (tertiary/aromatic N) is 3. The Balaban J connectivity index is 2.36. The van der Waals surface area contributed by atoms with Crippen molar-refractivity contribution >= 4 is 41.5 Å². The van der Waals surface area contributed by atoms with E-state index in [9.17, 15) is 17.6 Å². The quantitative estimate of drug-likeness (QED) is 0.224. The molecule has 0 radical (unpaired) electrons. The van der Waals surface area contributed by atoms with Crippen LogP contribution in [0.1, 0.15) is 0 Å². The third kappa shape index (κ3) is 4.46. The Morgan fingerprint density at radius 1 is 0.920 bits per heavy atom. The first-order chi connectivity index (χ1) is 11.9. The molecule has 0 aliphatic heterocycles. The molecule has 0 spiro atoms. The zero-order valence-electron chi connectivity index (χ0n) is 13.4. The van der Waals surface area contributed by atoms with Crippen LogP contribution in [-0.2, 0) is 0 Å². The van der Waals surface area contributed by atoms with E-state index in [1.54, 1.807) is 24.3 Å². The molecule has 0 aliphatic carbocycles. The number of anilines is 1. The molecule has 0 saturated heterocycles. The number of azo groups is 1. The highest BCUT2D eigenvalue weighted by atomic mass is 32.2. The molecule has 0 aliphatic rings. The highest BCUT2D eigenvalue weighted by molar-refractivity contribution is 8.00. The highest BCUT2D eigenvalue weighted by Crippen LogP contribution is 2.36. The highest BCUT2D eigenvalue weighted by Gasteiger charge is 2.25. The van der Waals surface area contributed by atoms with Gasteiger partial charge in [-0.05, 0) is 30.0 Å². The topological polar surface area (TPSA) is 28.0 Å². The summed E-state index contributed by atoms with van der Waals surface area (Å²) in [5.41, 5.74) is 0.0830. The Morgan fingerprint density at radius 2 is 1.48 bits per heavy atom. The molecule has 3 nitrogen and oxygen atoms in total. The molecule has 0 saturated carbocycles. The van der Waals surface area contributed by atoms with Crippen LogP contribution in [0, 0.1) is 23.3 Å². The summed E-state index contributed by atoms with van der Waals surface area (Å²) in [5, 5.41) is 7.00. The van der Waals surface area contributed by atoms with E-state index in [2.05, 4.69) is 22.9 Å². The summed E-state index contributed by atoms with van der Waals surface area (Å²) in [4.78, 5) is 1.13. The van der Waals surface area contributed by atoms with Crippen LogP contribution in [0.4, 0.5) is 34.6 Å². The predicted octanol–water partition coefficient (Wildman–Crippen LogP) is 5.75. The number of benzene rings is 2. The van der Waals surface area contributed by atoms with E-state index in [1.165, 1.54) is 0 Å². The van der Waals surface area contributed by atoms with Gasteiger partial charge in [0.1, 0.15) is 0 Å². The van der Waals surface area contributed by atoms with E-state index in [0.29, 0.717) is 23.2 Å². The third-order valence-electron chi connectivity index (χ3n) is 3.17. The molecule has 0 atom stereocenters. The minimum absolute atomic E-state index is 0.203. The lowest BCUT2D eigenvalue weighted by Crippen LogP contribution is -2.07. The van der Waals surface area contributed by atoms with Gasteiger partial charge in [-0.15, -0.1) is 16.9 Å². The maximum Gasteiger partial charge on any atom is 0.190 e. The van der Waals surface area contributed by atoms with Gasteiger partial charge in [0.25, 0.3) is 0 Å². The number of rotatable bonds is 6. The molecular formula is C16H15F4N3S2. The second-order valence-electron chi connectivity index (χ2n) is 5.12. The fourth-order valence-electron chi connectivity index (χ4n) is 1.89. The van der Waals surface area contributed by atoms with Gasteiger partial charge in [0, 0.05) is 25.5 Å². The van der Waals surface area contributed by atoms with E-state index < -0.39 is 33.9 Å². The molecule has 9 heteroatoms. The van der Waals surface area contributed by atoms with Gasteiger partial charge in [-0.25, -0.2) is 17.6 Å². The lowest BCUT2D eigenvalue weighted by Gasteiger charge is -2.11. The first kappa shape index (κ1) is 19.6. The molecule has 2 rings (SSSR count). The maximum atomic E-state index is 14.0. The summed E-state index contributed by atoms with van der Waals surface area (Å²) in [5.74, 6) is -5.61. The van der Waals surface area contributed by atoms with E-state index in [-0.39, 0.29) is 5.75 Å². The smallest absolute Gasteiger partial charge is 0.190 e. The largest absolute Gasteiger partial charge is 0.378 e. The fourth-order valence-corrected chi connectivity index (χ4v) is 2.89. The first-order valence-electron chi connectivity index (χ1n) is 7.15. The Labute approximate surface area is 152 Å². The Bertz CT molecular complexity index is 751. The Morgan fingerprint density at radius 3 is 1.96 bits per heavy atom. The number of thiol groups is 1. The molecule has 0 aromatic heterocycles. The summed E-state index contributed by atoms with van der Waals surface area (Å²) in [6, 6.07) is 6.58. The molecule has 0 fully saturated rings. The van der Waals surface area contributed by atoms with Crippen LogP contribution in [0.5, 0.6) is 0 Å². The third-order valence-corrected chi connectivity index (χ3v) is 4.75. The molecule has 134 valence electrons. The van der Waals surface area contributed by atoms with Gasteiger partial charge in [-0.1, -0.05) is 0 Å². The van der Waals surface area contributed by atoms with Crippen molar-refractivity contribution in [2.75, 3.05) is 30.5 Å². The summed E-state index contributed by atoms with van der Waals surface area (Å²) in [7, 11) is 3.69. The molecular weight excluding hydrogens is 374 g/mol. The summed E-state index contributed by atoms with van der Waals surface area (Å²) in [6.07, 6.45) is 0. The average Bonchev–Trinajstić information content (AvgIpc) is 2.60. The molecule has 25 heavy (non-hydrogen) atoms. The van der Waals surface area contributed by atoms with Gasteiger partial charge < -0.3 is 4.90 Å². The average molecular weight is 389 g/mol. The van der Waals surface area contributed by atoms with Gasteiger partial charge in [-0.3, -0.25) is 0 Å². The van der Waals surface area contributed by atoms with E-state index in [4.69, 9.17) is 0 Å². The van der Waals surface area contributed by atoms with Crippen molar-refractivity contribution in [2.45, 2.75) is 4.90 Å². The van der Waals surface area contributed by atoms with Crippen molar-refractivity contribution in [3.63, 3.8) is 0 Å². The SMILES string of the molecule is CN(C)c1ccc(N=Nc2c(F)c(F)c(SCCS)c(F)c2F)cc1. The van der Waals surface area contributed by atoms with Crippen molar-refractivity contribution in [2.24, 2.45) is 10.2 Å². The van der Waals surface area contributed by atoms with E-state index in [1.807, 2.05) is 19.0 Å². The van der Waals surface area contributed by atoms with Gasteiger partial charge >= 0.3 is 0 Å². The zero-order valence-corrected chi connectivity index (χ0v) is 15.1. The van der Waals surface area contributed by atoms with Gasteiger partial charge in [0.2, 0.25) is 0 Å². The van der Waals surface area contributed by atoms with Crippen molar-refractivity contribution in [3.05, 3.63) is 47.5 Å². The second kappa shape index (κ2) is 8.57. The van der Waals surface area contributed by atoms with Crippen LogP contribution < -0.4 is 4.90 Å². The predicted molar refractivity (Wildman–Crippen MR) is 95.8 cm³/mol. The maximum absolute atomic E-state index is 14.0. The number of hydrogen-bond acceptors (Lipinski definition) is 5. The lowest BCUT2D eigenvalue weighted by atomic mass is 10.2. The monoisotopic (exact) mass is 389 g/mol. The lowest BCUT2D eigenvalue weighted by molar-refractivity contribution is 0.428. The van der Waals surface area contributed by atoms with Crippen molar-refractivity contribution < 1.29 is 17.6 Å². The van der Waals surface area contributed by atoms with E-state index >= 15 is 0 Å². The molecule has 0 bridgehead atoms. The second-order valence-corrected chi connectivity index (χ2v) is 6.67. The molecule has 0 amide bonds. The molecule has 0 unspecified atom stereocenters. The zero-order chi connectivity index (χ0) is 18.6. The van der Waals surface area contributed by atoms with Crippen molar-refractivity contribution in [3.8, 4) is 0 Å². The van der Waals surface area contributed by atoms with Crippen molar-refractivity contribution in [1.29, 1.82) is 0 Å². The Hall–Kier alpha value is -1.74. The number of halogens is 4. The summed E-state index contributed by atoms with van der Waals surface area (Å²) < 4.78 is 56.0. The van der Waals surface area contributed by atoms with Gasteiger partial charge in [-0.2, -0.15) is 17.7 Å². The Kier molecular flexibility index (Phi) is 6.71. The minimum atomic E-state index is -1.57. The van der Waals surface area contributed by atoms with Crippen LogP contribution in [0.3, 0.4) is 0 Å². The van der Waals surface area contributed by atoms with Crippen LogP contribution in [-0.4, -0.2) is 25.6 Å².